The molecule has 1 aromatic carbocycles. The molecule has 0 radical (unpaired) electrons. The van der Waals surface area contributed by atoms with E-state index in [2.05, 4.69) is 4.98 Å². The smallest absolute Gasteiger partial charge is 0.268 e. The van der Waals surface area contributed by atoms with Crippen molar-refractivity contribution >= 4 is 62.8 Å². The molecule has 0 bridgehead atoms. The normalized spacial score (nSPS) is 16.4. The number of hydrogen-bond donors (Lipinski definition) is 0. The number of hydrogen-bond acceptors (Lipinski definition) is 5. The fourth-order valence-corrected chi connectivity index (χ4v) is 4.41. The van der Waals surface area contributed by atoms with Gasteiger partial charge in [-0.05, 0) is 53.0 Å². The molecule has 0 N–H and O–H groups in total. The van der Waals surface area contributed by atoms with Crippen LogP contribution in [-0.4, -0.2) is 21.0 Å². The van der Waals surface area contributed by atoms with E-state index in [1.165, 1.54) is 16.2 Å². The minimum atomic E-state index is -0.276. The van der Waals surface area contributed by atoms with Crippen molar-refractivity contribution in [1.82, 2.24) is 9.88 Å². The van der Waals surface area contributed by atoms with Crippen molar-refractivity contribution in [3.05, 3.63) is 68.3 Å². The second-order valence-electron chi connectivity index (χ2n) is 5.39. The van der Waals surface area contributed by atoms with E-state index in [9.17, 15) is 9.59 Å². The molecule has 0 saturated carbocycles. The molecule has 25 heavy (non-hydrogen) atoms. The van der Waals surface area contributed by atoms with E-state index in [1.807, 2.05) is 35.7 Å². The van der Waals surface area contributed by atoms with Crippen molar-refractivity contribution in [3.8, 4) is 0 Å². The topological polar surface area (TPSA) is 50.3 Å². The Hall–Kier alpha value is -2.15. The molecular formula is C18H11ClN2O2S2. The summed E-state index contributed by atoms with van der Waals surface area (Å²) < 4.78 is 0. The molecule has 1 aliphatic rings. The van der Waals surface area contributed by atoms with Crippen LogP contribution in [0.15, 0.2) is 52.9 Å². The van der Waals surface area contributed by atoms with Gasteiger partial charge >= 0.3 is 0 Å². The number of imide groups is 1. The van der Waals surface area contributed by atoms with Crippen molar-refractivity contribution in [1.29, 1.82) is 0 Å². The number of benzene rings is 1. The van der Waals surface area contributed by atoms with Crippen LogP contribution < -0.4 is 0 Å². The van der Waals surface area contributed by atoms with Gasteiger partial charge in [-0.15, -0.1) is 11.3 Å². The number of amides is 2. The van der Waals surface area contributed by atoms with Gasteiger partial charge in [-0.25, -0.2) is 0 Å². The Bertz CT molecular complexity index is 1020. The summed E-state index contributed by atoms with van der Waals surface area (Å²) in [6.07, 6.45) is 3.43. The maximum absolute atomic E-state index is 12.6. The Balaban J connectivity index is 1.67. The minimum Gasteiger partial charge on any atom is -0.268 e. The summed E-state index contributed by atoms with van der Waals surface area (Å²) in [4.78, 5) is 31.9. The molecule has 1 fully saturated rings. The van der Waals surface area contributed by atoms with Gasteiger partial charge in [0.15, 0.2) is 0 Å². The van der Waals surface area contributed by atoms with Crippen LogP contribution in [0.4, 0.5) is 4.79 Å². The van der Waals surface area contributed by atoms with Crippen LogP contribution in [-0.2, 0) is 11.3 Å². The number of halogens is 1. The molecule has 0 atom stereocenters. The molecule has 3 heterocycles. The molecule has 2 aromatic heterocycles. The number of carbonyl (C=O) groups excluding carboxylic acids is 2. The lowest BCUT2D eigenvalue weighted by Crippen LogP contribution is -2.27. The third-order valence-electron chi connectivity index (χ3n) is 3.82. The largest absolute Gasteiger partial charge is 0.293 e. The predicted octanol–water partition coefficient (Wildman–Crippen LogP) is 5.19. The third kappa shape index (κ3) is 3.08. The third-order valence-corrected chi connectivity index (χ3v) is 5.87. The number of thiophene rings is 1. The number of fused-ring (bicyclic) bond motifs is 1. The van der Waals surface area contributed by atoms with Crippen molar-refractivity contribution in [2.24, 2.45) is 0 Å². The second kappa shape index (κ2) is 6.63. The standard InChI is InChI=1S/C18H11ClN2O2S2/c19-14-6-5-11(16-13(14)4-1-7-20-16)10-21-17(22)15(25-18(21)23)9-12-3-2-8-24-12/h1-9H,10H2/b15-9-. The van der Waals surface area contributed by atoms with Gasteiger partial charge in [0.1, 0.15) is 0 Å². The van der Waals surface area contributed by atoms with E-state index in [-0.39, 0.29) is 17.7 Å². The van der Waals surface area contributed by atoms with Crippen molar-refractivity contribution in [3.63, 3.8) is 0 Å². The van der Waals surface area contributed by atoms with Gasteiger partial charge in [-0.3, -0.25) is 19.5 Å². The zero-order valence-corrected chi connectivity index (χ0v) is 15.2. The molecule has 2 amide bonds. The fraction of sp³-hybridized carbons (Fsp3) is 0.0556. The summed E-state index contributed by atoms with van der Waals surface area (Å²) in [5.41, 5.74) is 1.50. The Kier molecular flexibility index (Phi) is 4.33. The van der Waals surface area contributed by atoms with E-state index < -0.39 is 0 Å². The quantitative estimate of drug-likeness (QED) is 0.581. The molecule has 124 valence electrons. The van der Waals surface area contributed by atoms with Crippen LogP contribution in [0.2, 0.25) is 5.02 Å². The van der Waals surface area contributed by atoms with Crippen LogP contribution in [0, 0.1) is 0 Å². The van der Waals surface area contributed by atoms with Crippen molar-refractivity contribution < 1.29 is 9.59 Å². The molecule has 3 aromatic rings. The van der Waals surface area contributed by atoms with Crippen molar-refractivity contribution in [2.75, 3.05) is 0 Å². The maximum Gasteiger partial charge on any atom is 0.293 e. The van der Waals surface area contributed by atoms with E-state index in [1.54, 1.807) is 18.3 Å². The molecule has 0 aliphatic carbocycles. The zero-order valence-electron chi connectivity index (χ0n) is 12.8. The van der Waals surface area contributed by atoms with E-state index >= 15 is 0 Å². The summed E-state index contributed by atoms with van der Waals surface area (Å²) in [5, 5.41) is 3.06. The summed E-state index contributed by atoms with van der Waals surface area (Å²) >= 11 is 8.70. The maximum atomic E-state index is 12.6. The van der Waals surface area contributed by atoms with Gasteiger partial charge in [0.2, 0.25) is 0 Å². The molecule has 1 aliphatic heterocycles. The Labute approximate surface area is 157 Å². The first-order valence-corrected chi connectivity index (χ1v) is 9.52. The number of nitrogens with zero attached hydrogens (tertiary/aromatic N) is 2. The lowest BCUT2D eigenvalue weighted by Gasteiger charge is -2.14. The average Bonchev–Trinajstić information content (AvgIpc) is 3.21. The Morgan fingerprint density at radius 1 is 1.16 bits per heavy atom. The number of pyridine rings is 1. The van der Waals surface area contributed by atoms with E-state index in [0.717, 1.165) is 27.6 Å². The number of carbonyl (C=O) groups is 2. The van der Waals surface area contributed by atoms with Gasteiger partial charge < -0.3 is 0 Å². The first-order chi connectivity index (χ1) is 12.1. The Morgan fingerprint density at radius 2 is 2.04 bits per heavy atom. The van der Waals surface area contributed by atoms with Crippen LogP contribution in [0.3, 0.4) is 0 Å². The SMILES string of the molecule is O=C1S/C(=C\c2cccs2)C(=O)N1Cc1ccc(Cl)c2cccnc12. The highest BCUT2D eigenvalue weighted by Gasteiger charge is 2.35. The van der Waals surface area contributed by atoms with Gasteiger partial charge in [0, 0.05) is 21.5 Å². The summed E-state index contributed by atoms with van der Waals surface area (Å²) in [7, 11) is 0. The van der Waals surface area contributed by atoms with Crippen LogP contribution >= 0.6 is 34.7 Å². The first-order valence-electron chi connectivity index (χ1n) is 7.44. The molecule has 0 unspecified atom stereocenters. The van der Waals surface area contributed by atoms with Crippen LogP contribution in [0.25, 0.3) is 17.0 Å². The number of aromatic nitrogens is 1. The monoisotopic (exact) mass is 386 g/mol. The highest BCUT2D eigenvalue weighted by atomic mass is 35.5. The van der Waals surface area contributed by atoms with E-state index in [0.29, 0.717) is 15.4 Å². The number of rotatable bonds is 3. The fourth-order valence-electron chi connectivity index (χ4n) is 2.63. The summed E-state index contributed by atoms with van der Waals surface area (Å²) in [6, 6.07) is 11.1. The van der Waals surface area contributed by atoms with Gasteiger partial charge in [0.25, 0.3) is 11.1 Å². The lowest BCUT2D eigenvalue weighted by molar-refractivity contribution is -0.123. The highest BCUT2D eigenvalue weighted by Crippen LogP contribution is 2.35. The van der Waals surface area contributed by atoms with Crippen molar-refractivity contribution in [2.45, 2.75) is 6.54 Å². The lowest BCUT2D eigenvalue weighted by atomic mass is 10.1. The second-order valence-corrected chi connectivity index (χ2v) is 7.77. The van der Waals surface area contributed by atoms with Crippen LogP contribution in [0.1, 0.15) is 10.4 Å². The average molecular weight is 387 g/mol. The zero-order chi connectivity index (χ0) is 17.4. The van der Waals surface area contributed by atoms with Gasteiger partial charge in [-0.2, -0.15) is 0 Å². The Morgan fingerprint density at radius 3 is 2.84 bits per heavy atom. The van der Waals surface area contributed by atoms with Gasteiger partial charge in [0.05, 0.1) is 17.0 Å². The highest BCUT2D eigenvalue weighted by molar-refractivity contribution is 8.18. The van der Waals surface area contributed by atoms with Crippen LogP contribution in [0.5, 0.6) is 0 Å². The molecular weight excluding hydrogens is 376 g/mol. The first kappa shape index (κ1) is 16.3. The van der Waals surface area contributed by atoms with E-state index in [4.69, 9.17) is 11.6 Å². The molecule has 7 heteroatoms. The predicted molar refractivity (Wildman–Crippen MR) is 103 cm³/mol. The summed E-state index contributed by atoms with van der Waals surface area (Å²) in [5.74, 6) is -0.276. The molecule has 1 saturated heterocycles. The number of thioether (sulfide) groups is 1. The van der Waals surface area contributed by atoms with Gasteiger partial charge in [-0.1, -0.05) is 23.7 Å². The minimum absolute atomic E-state index is 0.178. The summed E-state index contributed by atoms with van der Waals surface area (Å²) in [6.45, 7) is 0.178. The molecule has 0 spiro atoms. The molecule has 4 rings (SSSR count). The molecule has 4 nitrogen and oxygen atoms in total.